The lowest BCUT2D eigenvalue weighted by molar-refractivity contribution is -0.131. The summed E-state index contributed by atoms with van der Waals surface area (Å²) in [6, 6.07) is 0. The first-order chi connectivity index (χ1) is 8.65. The molecule has 0 aliphatic carbocycles. The molecule has 1 aliphatic rings. The molecule has 6 nitrogen and oxygen atoms in total. The lowest BCUT2D eigenvalue weighted by Gasteiger charge is -2.26. The maximum absolute atomic E-state index is 11.6. The molecule has 1 rings (SSSR count). The molecular formula is C13H24N2O4. The molecule has 0 aromatic carbocycles. The average Bonchev–Trinajstić information content (AvgIpc) is 2.63. The predicted molar refractivity (Wildman–Crippen MR) is 70.5 cm³/mol. The molecule has 0 bridgehead atoms. The number of hydrogen-bond donors (Lipinski definition) is 3. The van der Waals surface area contributed by atoms with E-state index in [4.69, 9.17) is 4.74 Å². The van der Waals surface area contributed by atoms with Crippen molar-refractivity contribution in [2.24, 2.45) is 5.41 Å². The van der Waals surface area contributed by atoms with Crippen LogP contribution >= 0.6 is 0 Å². The van der Waals surface area contributed by atoms with Crippen LogP contribution in [0.3, 0.4) is 0 Å². The number of amides is 2. The monoisotopic (exact) mass is 272 g/mol. The van der Waals surface area contributed by atoms with Crippen molar-refractivity contribution in [1.82, 2.24) is 10.6 Å². The molecular weight excluding hydrogens is 248 g/mol. The van der Waals surface area contributed by atoms with Crippen LogP contribution in [0.2, 0.25) is 0 Å². The van der Waals surface area contributed by atoms with E-state index in [0.717, 1.165) is 0 Å². The molecule has 2 unspecified atom stereocenters. The van der Waals surface area contributed by atoms with Crippen LogP contribution in [0.15, 0.2) is 0 Å². The minimum absolute atomic E-state index is 0.0819. The fourth-order valence-electron chi connectivity index (χ4n) is 1.74. The second kappa shape index (κ2) is 5.88. The number of nitrogens with one attached hydrogen (secondary N) is 2. The first-order valence-electron chi connectivity index (χ1n) is 6.54. The first kappa shape index (κ1) is 15.9. The van der Waals surface area contributed by atoms with E-state index >= 15 is 0 Å². The summed E-state index contributed by atoms with van der Waals surface area (Å²) in [4.78, 5) is 23.2. The number of aliphatic hydroxyl groups is 1. The van der Waals surface area contributed by atoms with Gasteiger partial charge in [0.25, 0.3) is 0 Å². The predicted octanol–water partition coefficient (Wildman–Crippen LogP) is -0.195. The third-order valence-electron chi connectivity index (χ3n) is 3.34. The number of carbonyl (C=O) groups is 2. The van der Waals surface area contributed by atoms with E-state index in [1.165, 1.54) is 0 Å². The van der Waals surface area contributed by atoms with Crippen LogP contribution in [-0.2, 0) is 14.3 Å². The average molecular weight is 272 g/mol. The SMILES string of the molecule is CC1OCCC1(O)CNC(=O)CNC(=O)C(C)(C)C. The second-order valence-corrected chi connectivity index (χ2v) is 6.08. The van der Waals surface area contributed by atoms with Gasteiger partial charge in [-0.2, -0.15) is 0 Å². The van der Waals surface area contributed by atoms with Crippen molar-refractivity contribution in [2.45, 2.75) is 45.8 Å². The molecule has 110 valence electrons. The van der Waals surface area contributed by atoms with Crippen molar-refractivity contribution in [3.05, 3.63) is 0 Å². The summed E-state index contributed by atoms with van der Waals surface area (Å²) >= 11 is 0. The molecule has 1 heterocycles. The molecule has 1 fully saturated rings. The lowest BCUT2D eigenvalue weighted by Crippen LogP contribution is -2.50. The Labute approximate surface area is 113 Å². The zero-order valence-electron chi connectivity index (χ0n) is 12.1. The minimum atomic E-state index is -1.01. The summed E-state index contributed by atoms with van der Waals surface area (Å²) in [6.45, 7) is 7.66. The van der Waals surface area contributed by atoms with Crippen molar-refractivity contribution >= 4 is 11.8 Å². The highest BCUT2D eigenvalue weighted by molar-refractivity contribution is 5.87. The maximum atomic E-state index is 11.6. The van der Waals surface area contributed by atoms with Crippen molar-refractivity contribution in [1.29, 1.82) is 0 Å². The van der Waals surface area contributed by atoms with Gasteiger partial charge < -0.3 is 20.5 Å². The number of hydrogen-bond acceptors (Lipinski definition) is 4. The van der Waals surface area contributed by atoms with E-state index in [9.17, 15) is 14.7 Å². The van der Waals surface area contributed by atoms with Gasteiger partial charge in [0.1, 0.15) is 5.60 Å². The van der Waals surface area contributed by atoms with Crippen molar-refractivity contribution in [3.63, 3.8) is 0 Å². The smallest absolute Gasteiger partial charge is 0.239 e. The lowest BCUT2D eigenvalue weighted by atomic mass is 9.95. The van der Waals surface area contributed by atoms with Gasteiger partial charge in [0.2, 0.25) is 11.8 Å². The summed E-state index contributed by atoms with van der Waals surface area (Å²) in [5, 5.41) is 15.4. The van der Waals surface area contributed by atoms with Crippen LogP contribution in [-0.4, -0.2) is 48.3 Å². The van der Waals surface area contributed by atoms with Gasteiger partial charge in [0.05, 0.1) is 12.6 Å². The van der Waals surface area contributed by atoms with E-state index in [-0.39, 0.29) is 31.0 Å². The summed E-state index contributed by atoms with van der Waals surface area (Å²) in [6.07, 6.45) is 0.208. The van der Waals surface area contributed by atoms with Gasteiger partial charge in [0.15, 0.2) is 0 Å². The summed E-state index contributed by atoms with van der Waals surface area (Å²) in [7, 11) is 0. The Morgan fingerprint density at radius 1 is 1.37 bits per heavy atom. The van der Waals surface area contributed by atoms with Crippen LogP contribution in [0.5, 0.6) is 0 Å². The van der Waals surface area contributed by atoms with Gasteiger partial charge in [-0.25, -0.2) is 0 Å². The standard InChI is InChI=1S/C13H24N2O4/c1-9-13(18,5-6-19-9)8-15-10(16)7-14-11(17)12(2,3)4/h9,18H,5-8H2,1-4H3,(H,14,17)(H,15,16). The Morgan fingerprint density at radius 2 is 2.00 bits per heavy atom. The van der Waals surface area contributed by atoms with E-state index < -0.39 is 11.0 Å². The highest BCUT2D eigenvalue weighted by atomic mass is 16.5. The van der Waals surface area contributed by atoms with Crippen LogP contribution in [0, 0.1) is 5.41 Å². The zero-order chi connectivity index (χ0) is 14.7. The van der Waals surface area contributed by atoms with E-state index in [1.807, 2.05) is 0 Å². The molecule has 2 amide bonds. The third kappa shape index (κ3) is 4.47. The Kier molecular flexibility index (Phi) is 4.92. The minimum Gasteiger partial charge on any atom is -0.385 e. The topological polar surface area (TPSA) is 87.7 Å². The quantitative estimate of drug-likeness (QED) is 0.661. The fraction of sp³-hybridized carbons (Fsp3) is 0.846. The Morgan fingerprint density at radius 3 is 2.47 bits per heavy atom. The molecule has 1 saturated heterocycles. The molecule has 0 radical (unpaired) electrons. The van der Waals surface area contributed by atoms with E-state index in [0.29, 0.717) is 13.0 Å². The van der Waals surface area contributed by atoms with Crippen LogP contribution in [0.4, 0.5) is 0 Å². The zero-order valence-corrected chi connectivity index (χ0v) is 12.1. The van der Waals surface area contributed by atoms with Gasteiger partial charge in [-0.3, -0.25) is 9.59 Å². The van der Waals surface area contributed by atoms with Crippen molar-refractivity contribution in [3.8, 4) is 0 Å². The molecule has 0 saturated carbocycles. The molecule has 0 aromatic rings. The summed E-state index contributed by atoms with van der Waals surface area (Å²) < 4.78 is 5.27. The Bertz CT molecular complexity index is 351. The van der Waals surface area contributed by atoms with Crippen molar-refractivity contribution < 1.29 is 19.4 Å². The largest absolute Gasteiger partial charge is 0.385 e. The van der Waals surface area contributed by atoms with E-state index in [2.05, 4.69) is 10.6 Å². The number of rotatable bonds is 4. The number of ether oxygens (including phenoxy) is 1. The molecule has 0 aromatic heterocycles. The van der Waals surface area contributed by atoms with Gasteiger partial charge in [0, 0.05) is 25.0 Å². The van der Waals surface area contributed by atoms with Crippen molar-refractivity contribution in [2.75, 3.05) is 19.7 Å². The normalized spacial score (nSPS) is 27.1. The molecule has 1 aliphatic heterocycles. The Hall–Kier alpha value is -1.14. The second-order valence-electron chi connectivity index (χ2n) is 6.08. The summed E-state index contributed by atoms with van der Waals surface area (Å²) in [5.74, 6) is -0.496. The summed E-state index contributed by atoms with van der Waals surface area (Å²) in [5.41, 5.74) is -1.53. The fourth-order valence-corrected chi connectivity index (χ4v) is 1.74. The molecule has 2 atom stereocenters. The number of carbonyl (C=O) groups excluding carboxylic acids is 2. The maximum Gasteiger partial charge on any atom is 0.239 e. The highest BCUT2D eigenvalue weighted by Crippen LogP contribution is 2.24. The van der Waals surface area contributed by atoms with Crippen LogP contribution in [0.1, 0.15) is 34.1 Å². The molecule has 19 heavy (non-hydrogen) atoms. The van der Waals surface area contributed by atoms with Crippen LogP contribution < -0.4 is 10.6 Å². The van der Waals surface area contributed by atoms with Gasteiger partial charge in [-0.15, -0.1) is 0 Å². The van der Waals surface area contributed by atoms with Gasteiger partial charge >= 0.3 is 0 Å². The molecule has 3 N–H and O–H groups in total. The third-order valence-corrected chi connectivity index (χ3v) is 3.34. The van der Waals surface area contributed by atoms with Gasteiger partial charge in [-0.05, 0) is 6.92 Å². The molecule has 6 heteroatoms. The Balaban J connectivity index is 2.31. The first-order valence-corrected chi connectivity index (χ1v) is 6.54. The van der Waals surface area contributed by atoms with Crippen LogP contribution in [0.25, 0.3) is 0 Å². The van der Waals surface area contributed by atoms with E-state index in [1.54, 1.807) is 27.7 Å². The highest BCUT2D eigenvalue weighted by Gasteiger charge is 2.39. The molecule has 0 spiro atoms. The van der Waals surface area contributed by atoms with Gasteiger partial charge in [-0.1, -0.05) is 20.8 Å².